The Labute approximate surface area is 145 Å². The van der Waals surface area contributed by atoms with Gasteiger partial charge in [-0.05, 0) is 49.3 Å². The number of hydrogen-bond donors (Lipinski definition) is 1. The van der Waals surface area contributed by atoms with Gasteiger partial charge in [0.25, 0.3) is 0 Å². The fraction of sp³-hybridized carbons (Fsp3) is 0.632. The molecule has 1 aliphatic carbocycles. The summed E-state index contributed by atoms with van der Waals surface area (Å²) in [5.41, 5.74) is 1.74. The van der Waals surface area contributed by atoms with Crippen LogP contribution in [0.4, 0.5) is 0 Å². The lowest BCUT2D eigenvalue weighted by Gasteiger charge is -2.38. The second-order valence-electron chi connectivity index (χ2n) is 6.84. The van der Waals surface area contributed by atoms with E-state index in [1.165, 1.54) is 25.7 Å². The molecule has 1 saturated carbocycles. The Bertz CT molecular complexity index is 596. The van der Waals surface area contributed by atoms with Crippen LogP contribution >= 0.6 is 0 Å². The fourth-order valence-corrected chi connectivity index (χ4v) is 3.81. The van der Waals surface area contributed by atoms with Crippen molar-refractivity contribution in [1.82, 2.24) is 10.2 Å². The van der Waals surface area contributed by atoms with Crippen LogP contribution in [0, 0.1) is 5.41 Å². The van der Waals surface area contributed by atoms with E-state index in [0.29, 0.717) is 12.0 Å². The molecular formula is C19H29N3O2. The van der Waals surface area contributed by atoms with E-state index < -0.39 is 0 Å². The van der Waals surface area contributed by atoms with Crippen LogP contribution in [0.15, 0.2) is 23.2 Å². The van der Waals surface area contributed by atoms with Crippen LogP contribution in [0.3, 0.4) is 0 Å². The third kappa shape index (κ3) is 3.45. The first-order valence-electron chi connectivity index (χ1n) is 8.95. The standard InChI is InChI=1S/C19H29N3O2/c1-4-24-16-7-6-15(12-17(16)23-3)13-21-18(20-2)22-11-10-19(14-22)8-5-9-19/h6-7,12H,4-5,8-11,13-14H2,1-3H3,(H,20,21). The number of hydrogen-bond acceptors (Lipinski definition) is 3. The molecule has 1 heterocycles. The van der Waals surface area contributed by atoms with Crippen molar-refractivity contribution < 1.29 is 9.47 Å². The van der Waals surface area contributed by atoms with Crippen LogP contribution in [0.1, 0.15) is 38.2 Å². The minimum Gasteiger partial charge on any atom is -0.493 e. The highest BCUT2D eigenvalue weighted by Gasteiger charge is 2.43. The topological polar surface area (TPSA) is 46.1 Å². The minimum atomic E-state index is 0.583. The highest BCUT2D eigenvalue weighted by molar-refractivity contribution is 5.80. The zero-order valence-electron chi connectivity index (χ0n) is 15.1. The molecule has 0 atom stereocenters. The Morgan fingerprint density at radius 2 is 2.12 bits per heavy atom. The average molecular weight is 331 g/mol. The smallest absolute Gasteiger partial charge is 0.193 e. The predicted molar refractivity (Wildman–Crippen MR) is 96.8 cm³/mol. The molecule has 0 unspecified atom stereocenters. The molecule has 1 saturated heterocycles. The second kappa shape index (κ2) is 7.32. The Morgan fingerprint density at radius 3 is 2.71 bits per heavy atom. The number of likely N-dealkylation sites (tertiary alicyclic amines) is 1. The van der Waals surface area contributed by atoms with Crippen molar-refractivity contribution in [3.8, 4) is 11.5 Å². The lowest BCUT2D eigenvalue weighted by molar-refractivity contribution is 0.151. The van der Waals surface area contributed by atoms with Crippen LogP contribution in [-0.2, 0) is 6.54 Å². The molecular weight excluding hydrogens is 302 g/mol. The molecule has 2 aliphatic rings. The number of nitrogens with one attached hydrogen (secondary N) is 1. The third-order valence-electron chi connectivity index (χ3n) is 5.34. The van der Waals surface area contributed by atoms with E-state index in [0.717, 1.165) is 42.7 Å². The summed E-state index contributed by atoms with van der Waals surface area (Å²) < 4.78 is 11.0. The quantitative estimate of drug-likeness (QED) is 0.665. The maximum Gasteiger partial charge on any atom is 0.193 e. The van der Waals surface area contributed by atoms with Gasteiger partial charge in [0.05, 0.1) is 13.7 Å². The largest absolute Gasteiger partial charge is 0.493 e. The zero-order valence-corrected chi connectivity index (χ0v) is 15.1. The van der Waals surface area contributed by atoms with Crippen LogP contribution in [0.5, 0.6) is 11.5 Å². The first-order valence-corrected chi connectivity index (χ1v) is 8.95. The Morgan fingerprint density at radius 1 is 1.29 bits per heavy atom. The molecule has 24 heavy (non-hydrogen) atoms. The van der Waals surface area contributed by atoms with Gasteiger partial charge in [0.15, 0.2) is 17.5 Å². The summed E-state index contributed by atoms with van der Waals surface area (Å²) in [6.07, 6.45) is 5.48. The van der Waals surface area contributed by atoms with E-state index in [9.17, 15) is 0 Å². The number of rotatable bonds is 5. The minimum absolute atomic E-state index is 0.583. The molecule has 5 nitrogen and oxygen atoms in total. The van der Waals surface area contributed by atoms with Crippen LogP contribution in [0.2, 0.25) is 0 Å². The summed E-state index contributed by atoms with van der Waals surface area (Å²) in [5, 5.41) is 3.50. The van der Waals surface area contributed by atoms with Crippen molar-refractivity contribution in [3.63, 3.8) is 0 Å². The first-order chi connectivity index (χ1) is 11.7. The van der Waals surface area contributed by atoms with Crippen LogP contribution in [-0.4, -0.2) is 44.7 Å². The van der Waals surface area contributed by atoms with Gasteiger partial charge in [0.2, 0.25) is 0 Å². The normalized spacial score (nSPS) is 19.3. The molecule has 1 spiro atoms. The summed E-state index contributed by atoms with van der Waals surface area (Å²) in [7, 11) is 3.54. The molecule has 1 aromatic rings. The first kappa shape index (κ1) is 16.9. The van der Waals surface area contributed by atoms with Crippen molar-refractivity contribution in [2.24, 2.45) is 10.4 Å². The summed E-state index contributed by atoms with van der Waals surface area (Å²) in [6.45, 7) is 5.62. The molecule has 2 fully saturated rings. The van der Waals surface area contributed by atoms with Gasteiger partial charge in [0.1, 0.15) is 0 Å². The number of methoxy groups -OCH3 is 1. The highest BCUT2D eigenvalue weighted by Crippen LogP contribution is 2.47. The van der Waals surface area contributed by atoms with Gasteiger partial charge in [-0.15, -0.1) is 0 Å². The lowest BCUT2D eigenvalue weighted by atomic mass is 9.68. The Balaban J connectivity index is 1.59. The van der Waals surface area contributed by atoms with E-state index in [4.69, 9.17) is 9.47 Å². The Kier molecular flexibility index (Phi) is 5.17. The molecule has 1 N–H and O–H groups in total. The molecule has 132 valence electrons. The second-order valence-corrected chi connectivity index (χ2v) is 6.84. The summed E-state index contributed by atoms with van der Waals surface area (Å²) in [6, 6.07) is 6.08. The molecule has 0 radical (unpaired) electrons. The van der Waals surface area contributed by atoms with Crippen LogP contribution in [0.25, 0.3) is 0 Å². The number of nitrogens with zero attached hydrogens (tertiary/aromatic N) is 2. The lowest BCUT2D eigenvalue weighted by Crippen LogP contribution is -2.42. The predicted octanol–water partition coefficient (Wildman–Crippen LogP) is 3.05. The van der Waals surface area contributed by atoms with Gasteiger partial charge >= 0.3 is 0 Å². The monoisotopic (exact) mass is 331 g/mol. The van der Waals surface area contributed by atoms with Crippen molar-refractivity contribution in [2.75, 3.05) is 33.9 Å². The average Bonchev–Trinajstić information content (AvgIpc) is 3.03. The maximum atomic E-state index is 5.58. The van der Waals surface area contributed by atoms with Gasteiger partial charge in [-0.25, -0.2) is 0 Å². The molecule has 1 aliphatic heterocycles. The number of guanidine groups is 1. The summed E-state index contributed by atoms with van der Waals surface area (Å²) in [4.78, 5) is 6.88. The van der Waals surface area contributed by atoms with Crippen molar-refractivity contribution >= 4 is 5.96 Å². The summed E-state index contributed by atoms with van der Waals surface area (Å²) >= 11 is 0. The summed E-state index contributed by atoms with van der Waals surface area (Å²) in [5.74, 6) is 2.58. The third-order valence-corrected chi connectivity index (χ3v) is 5.34. The van der Waals surface area contributed by atoms with E-state index in [1.807, 2.05) is 26.1 Å². The van der Waals surface area contributed by atoms with E-state index in [1.54, 1.807) is 7.11 Å². The van der Waals surface area contributed by atoms with E-state index >= 15 is 0 Å². The number of aliphatic imine (C=N–C) groups is 1. The zero-order chi connectivity index (χ0) is 17.0. The molecule has 0 aromatic heterocycles. The molecule has 0 amide bonds. The van der Waals surface area contributed by atoms with Gasteiger partial charge in [-0.2, -0.15) is 0 Å². The van der Waals surface area contributed by atoms with Crippen molar-refractivity contribution in [2.45, 2.75) is 39.2 Å². The Hall–Kier alpha value is -1.91. The van der Waals surface area contributed by atoms with E-state index in [-0.39, 0.29) is 0 Å². The maximum absolute atomic E-state index is 5.58. The fourth-order valence-electron chi connectivity index (χ4n) is 3.81. The SMILES string of the molecule is CCOc1ccc(CNC(=NC)N2CCC3(CCC3)C2)cc1OC. The number of ether oxygens (including phenoxy) is 2. The van der Waals surface area contributed by atoms with Gasteiger partial charge in [0, 0.05) is 26.7 Å². The van der Waals surface area contributed by atoms with E-state index in [2.05, 4.69) is 21.3 Å². The van der Waals surface area contributed by atoms with Crippen molar-refractivity contribution in [1.29, 1.82) is 0 Å². The molecule has 3 rings (SSSR count). The number of benzene rings is 1. The van der Waals surface area contributed by atoms with Gasteiger partial charge in [-0.3, -0.25) is 4.99 Å². The van der Waals surface area contributed by atoms with Crippen molar-refractivity contribution in [3.05, 3.63) is 23.8 Å². The van der Waals surface area contributed by atoms with Gasteiger partial charge in [-0.1, -0.05) is 12.5 Å². The van der Waals surface area contributed by atoms with Crippen LogP contribution < -0.4 is 14.8 Å². The van der Waals surface area contributed by atoms with Gasteiger partial charge < -0.3 is 19.7 Å². The molecule has 5 heteroatoms. The molecule has 0 bridgehead atoms. The highest BCUT2D eigenvalue weighted by atomic mass is 16.5. The molecule has 1 aromatic carbocycles.